The molecule has 0 spiro atoms. The monoisotopic (exact) mass is 748 g/mol. The Morgan fingerprint density at radius 2 is 1.81 bits per heavy atom. The van der Waals surface area contributed by atoms with Gasteiger partial charge in [-0.3, -0.25) is 14.4 Å². The molecule has 2 N–H and O–H groups in total. The van der Waals surface area contributed by atoms with E-state index in [-0.39, 0.29) is 59.7 Å². The van der Waals surface area contributed by atoms with Crippen molar-refractivity contribution in [2.75, 3.05) is 26.4 Å². The standard InChI is InChI=1S/C47H73NO6/c1-9-12-28-43(47(8,51)34-52-30-20-26-40(49)31-42(35(4)5)37-21-15-13-16-22-37)36(6)32-53-33-39-25-19-27-41(39)45(50)44(38-23-17-14-18-24-38)48-54-46(7,11-3)29-10-2/h9,11,13,15-16,19,21-22,25,36,38-39,41-44,48,51H,1,3-4,10,12,14,17-18,20,23-24,26-34H2,2,5-8H3/t36?,39-,41?,42+,43?,44?,46?,47?/m0/s1. The summed E-state index contributed by atoms with van der Waals surface area (Å²) >= 11 is 0. The van der Waals surface area contributed by atoms with Gasteiger partial charge in [-0.2, -0.15) is 5.48 Å². The lowest BCUT2D eigenvalue weighted by atomic mass is 9.77. The number of hydrogen-bond acceptors (Lipinski definition) is 7. The number of carbonyl (C=O) groups is 2. The van der Waals surface area contributed by atoms with E-state index in [1.165, 1.54) is 6.42 Å². The summed E-state index contributed by atoms with van der Waals surface area (Å²) in [5.41, 5.74) is 3.76. The van der Waals surface area contributed by atoms with Crippen LogP contribution in [0.15, 0.2) is 79.9 Å². The predicted octanol–water partition coefficient (Wildman–Crippen LogP) is 10.1. The van der Waals surface area contributed by atoms with Gasteiger partial charge in [0.2, 0.25) is 0 Å². The molecule has 1 aromatic carbocycles. The van der Waals surface area contributed by atoms with E-state index < -0.39 is 11.2 Å². The van der Waals surface area contributed by atoms with Crippen molar-refractivity contribution < 1.29 is 29.0 Å². The number of nitrogens with one attached hydrogen (secondary N) is 1. The van der Waals surface area contributed by atoms with E-state index in [9.17, 15) is 14.7 Å². The third-order valence-electron chi connectivity index (χ3n) is 11.9. The lowest BCUT2D eigenvalue weighted by Crippen LogP contribution is -2.50. The minimum Gasteiger partial charge on any atom is -0.387 e. The number of carbonyl (C=O) groups excluding carboxylic acids is 2. The number of aliphatic hydroxyl groups is 1. The average molecular weight is 748 g/mol. The van der Waals surface area contributed by atoms with Crippen LogP contribution in [0, 0.1) is 29.6 Å². The first-order chi connectivity index (χ1) is 25.9. The molecule has 0 aromatic heterocycles. The smallest absolute Gasteiger partial charge is 0.156 e. The normalized spacial score (nSPS) is 22.0. The van der Waals surface area contributed by atoms with Gasteiger partial charge in [0.05, 0.1) is 24.9 Å². The summed E-state index contributed by atoms with van der Waals surface area (Å²) in [5.74, 6) is 0.476. The van der Waals surface area contributed by atoms with E-state index >= 15 is 0 Å². The fourth-order valence-corrected chi connectivity index (χ4v) is 8.54. The molecule has 3 rings (SSSR count). The number of rotatable bonds is 28. The van der Waals surface area contributed by atoms with Crippen LogP contribution in [0.2, 0.25) is 0 Å². The van der Waals surface area contributed by atoms with Gasteiger partial charge in [0.1, 0.15) is 11.4 Å². The molecule has 0 saturated heterocycles. The number of allylic oxidation sites excluding steroid dienone is 3. The molecule has 7 heteroatoms. The molecule has 2 aliphatic rings. The van der Waals surface area contributed by atoms with Gasteiger partial charge in [-0.05, 0) is 89.0 Å². The van der Waals surface area contributed by atoms with Gasteiger partial charge in [-0.15, -0.1) is 13.2 Å². The largest absolute Gasteiger partial charge is 0.387 e. The van der Waals surface area contributed by atoms with Crippen molar-refractivity contribution in [3.63, 3.8) is 0 Å². The summed E-state index contributed by atoms with van der Waals surface area (Å²) < 4.78 is 12.4. The third-order valence-corrected chi connectivity index (χ3v) is 11.9. The Morgan fingerprint density at radius 1 is 1.09 bits per heavy atom. The summed E-state index contributed by atoms with van der Waals surface area (Å²) in [6.07, 6.45) is 19.0. The molecule has 7 nitrogen and oxygen atoms in total. The maximum absolute atomic E-state index is 14.2. The number of Topliss-reactive ketones (excluding diaryl/α,β-unsaturated/α-hetero) is 2. The van der Waals surface area contributed by atoms with Crippen molar-refractivity contribution in [2.24, 2.45) is 29.6 Å². The van der Waals surface area contributed by atoms with Crippen molar-refractivity contribution in [3.05, 3.63) is 85.5 Å². The first-order valence-electron chi connectivity index (χ1n) is 20.8. The third kappa shape index (κ3) is 14.4. The molecule has 0 aliphatic heterocycles. The van der Waals surface area contributed by atoms with E-state index in [2.05, 4.69) is 51.2 Å². The second kappa shape index (κ2) is 23.4. The molecule has 6 unspecified atom stereocenters. The van der Waals surface area contributed by atoms with Crippen LogP contribution in [0.25, 0.3) is 0 Å². The van der Waals surface area contributed by atoms with E-state index in [0.29, 0.717) is 45.5 Å². The number of hydroxylamine groups is 1. The molecule has 0 heterocycles. The van der Waals surface area contributed by atoms with Crippen molar-refractivity contribution in [2.45, 2.75) is 141 Å². The van der Waals surface area contributed by atoms with Gasteiger partial charge in [0.15, 0.2) is 5.78 Å². The van der Waals surface area contributed by atoms with Gasteiger partial charge in [0.25, 0.3) is 0 Å². The van der Waals surface area contributed by atoms with E-state index in [4.69, 9.17) is 14.3 Å². The highest BCUT2D eigenvalue weighted by Crippen LogP contribution is 2.35. The molecule has 2 aliphatic carbocycles. The molecule has 0 amide bonds. The SMILES string of the molecule is C=CCCC(C(C)COC[C@@H]1C=CCC1C(=O)C(NOC(C)(C=C)CCC)C1CCCCC1)C(C)(O)COCCCC(=O)C[C@H](C(=C)C)c1ccccc1. The van der Waals surface area contributed by atoms with Gasteiger partial charge in [-0.25, -0.2) is 0 Å². The van der Waals surface area contributed by atoms with Crippen LogP contribution in [0.1, 0.15) is 130 Å². The maximum atomic E-state index is 14.2. The summed E-state index contributed by atoms with van der Waals surface area (Å²) in [6, 6.07) is 9.70. The molecular weight excluding hydrogens is 675 g/mol. The predicted molar refractivity (Wildman–Crippen MR) is 221 cm³/mol. The van der Waals surface area contributed by atoms with Crippen LogP contribution in [0.5, 0.6) is 0 Å². The molecule has 0 bridgehead atoms. The van der Waals surface area contributed by atoms with Crippen molar-refractivity contribution >= 4 is 11.6 Å². The summed E-state index contributed by atoms with van der Waals surface area (Å²) in [7, 11) is 0. The Bertz CT molecular complexity index is 1330. The molecular formula is C47H73NO6. The summed E-state index contributed by atoms with van der Waals surface area (Å²) in [6.45, 7) is 23.6. The molecule has 1 fully saturated rings. The van der Waals surface area contributed by atoms with Crippen LogP contribution < -0.4 is 5.48 Å². The molecule has 1 aromatic rings. The number of ether oxygens (including phenoxy) is 2. The molecule has 0 radical (unpaired) electrons. The van der Waals surface area contributed by atoms with Crippen LogP contribution in [0.3, 0.4) is 0 Å². The Labute approximate surface area is 328 Å². The van der Waals surface area contributed by atoms with Crippen LogP contribution >= 0.6 is 0 Å². The highest BCUT2D eigenvalue weighted by molar-refractivity contribution is 5.87. The molecule has 302 valence electrons. The Hall–Kier alpha value is -2.68. The number of benzene rings is 1. The summed E-state index contributed by atoms with van der Waals surface area (Å²) in [5, 5.41) is 11.7. The minimum atomic E-state index is -1.09. The van der Waals surface area contributed by atoms with Crippen LogP contribution in [0.4, 0.5) is 0 Å². The Balaban J connectivity index is 1.51. The van der Waals surface area contributed by atoms with E-state index in [1.54, 1.807) is 0 Å². The minimum absolute atomic E-state index is 0.00411. The highest BCUT2D eigenvalue weighted by Gasteiger charge is 2.40. The molecule has 54 heavy (non-hydrogen) atoms. The van der Waals surface area contributed by atoms with Crippen LogP contribution in [-0.4, -0.2) is 60.3 Å². The maximum Gasteiger partial charge on any atom is 0.156 e. The zero-order valence-electron chi connectivity index (χ0n) is 34.4. The second-order valence-electron chi connectivity index (χ2n) is 16.8. The molecule has 8 atom stereocenters. The first-order valence-corrected chi connectivity index (χ1v) is 20.8. The van der Waals surface area contributed by atoms with Gasteiger partial charge < -0.3 is 14.6 Å². The average Bonchev–Trinajstić information content (AvgIpc) is 3.63. The van der Waals surface area contributed by atoms with Gasteiger partial charge in [-0.1, -0.05) is 106 Å². The fraction of sp³-hybridized carbons (Fsp3) is 0.660. The Kier molecular flexibility index (Phi) is 19.8. The van der Waals surface area contributed by atoms with Crippen LogP contribution in [-0.2, 0) is 23.9 Å². The fourth-order valence-electron chi connectivity index (χ4n) is 8.54. The molecule has 1 saturated carbocycles. The number of hydrogen-bond donors (Lipinski definition) is 2. The lowest BCUT2D eigenvalue weighted by molar-refractivity contribution is -0.141. The first kappa shape index (κ1) is 45.7. The topological polar surface area (TPSA) is 94.1 Å². The lowest BCUT2D eigenvalue weighted by Gasteiger charge is -2.37. The zero-order chi connectivity index (χ0) is 39.6. The van der Waals surface area contributed by atoms with Gasteiger partial charge in [0, 0.05) is 43.8 Å². The van der Waals surface area contributed by atoms with Gasteiger partial charge >= 0.3 is 0 Å². The number of ketones is 2. The van der Waals surface area contributed by atoms with Crippen molar-refractivity contribution in [1.29, 1.82) is 0 Å². The van der Waals surface area contributed by atoms with E-state index in [0.717, 1.165) is 62.5 Å². The van der Waals surface area contributed by atoms with E-state index in [1.807, 2.05) is 63.3 Å². The quantitative estimate of drug-likeness (QED) is 0.0501. The van der Waals surface area contributed by atoms with Crippen molar-refractivity contribution in [3.8, 4) is 0 Å². The van der Waals surface area contributed by atoms with Crippen molar-refractivity contribution in [1.82, 2.24) is 5.48 Å². The zero-order valence-corrected chi connectivity index (χ0v) is 34.4. The summed E-state index contributed by atoms with van der Waals surface area (Å²) in [4.78, 5) is 33.4. The second-order valence-corrected chi connectivity index (χ2v) is 16.8. The Morgan fingerprint density at radius 3 is 2.46 bits per heavy atom. The highest BCUT2D eigenvalue weighted by atomic mass is 16.7.